The molecule has 0 fully saturated rings. The molecule has 0 saturated heterocycles. The van der Waals surface area contributed by atoms with Crippen LogP contribution in [0.1, 0.15) is 38.6 Å². The number of guanidine groups is 1. The predicted molar refractivity (Wildman–Crippen MR) is 128 cm³/mol. The maximum atomic E-state index is 12.8. The van der Waals surface area contributed by atoms with Gasteiger partial charge in [-0.15, -0.1) is 24.0 Å². The highest BCUT2D eigenvalue weighted by Gasteiger charge is 2.12. The van der Waals surface area contributed by atoms with Crippen LogP contribution in [0.25, 0.3) is 0 Å². The van der Waals surface area contributed by atoms with E-state index in [-0.39, 0.29) is 36.3 Å². The third-order valence-electron chi connectivity index (χ3n) is 4.17. The number of halogens is 3. The summed E-state index contributed by atoms with van der Waals surface area (Å²) < 4.78 is 37.9. The summed E-state index contributed by atoms with van der Waals surface area (Å²) in [7, 11) is 1.65. The Morgan fingerprint density at radius 2 is 1.97 bits per heavy atom. The minimum Gasteiger partial charge on any atom is -0.493 e. The second-order valence-corrected chi connectivity index (χ2v) is 7.17. The Balaban J connectivity index is 0.00000480. The average Bonchev–Trinajstić information content (AvgIpc) is 3.13. The number of benzene rings is 1. The van der Waals surface area contributed by atoms with Crippen molar-refractivity contribution in [2.24, 2.45) is 10.9 Å². The molecule has 2 rings (SSSR count). The summed E-state index contributed by atoms with van der Waals surface area (Å²) in [6.07, 6.45) is 4.54. The van der Waals surface area contributed by atoms with E-state index in [9.17, 15) is 8.78 Å². The summed E-state index contributed by atoms with van der Waals surface area (Å²) in [5, 5.41) is 6.32. The van der Waals surface area contributed by atoms with Crippen molar-refractivity contribution in [1.82, 2.24) is 20.2 Å². The van der Waals surface area contributed by atoms with E-state index in [1.165, 1.54) is 6.07 Å². The molecule has 2 N–H and O–H groups in total. The molecular weight excluding hydrogens is 519 g/mol. The second kappa shape index (κ2) is 14.0. The van der Waals surface area contributed by atoms with Crippen LogP contribution in [0.3, 0.4) is 0 Å². The van der Waals surface area contributed by atoms with Gasteiger partial charge in [0.2, 0.25) is 0 Å². The van der Waals surface area contributed by atoms with Gasteiger partial charge in [-0.1, -0.05) is 20.8 Å². The zero-order valence-corrected chi connectivity index (χ0v) is 20.7. The number of nitrogens with zero attached hydrogens (tertiary/aromatic N) is 3. The van der Waals surface area contributed by atoms with Gasteiger partial charge in [0.25, 0.3) is 0 Å². The fourth-order valence-corrected chi connectivity index (χ4v) is 2.83. The lowest BCUT2D eigenvalue weighted by atomic mass is 10.2. The predicted octanol–water partition coefficient (Wildman–Crippen LogP) is 4.41. The molecule has 0 bridgehead atoms. The lowest BCUT2D eigenvalue weighted by Crippen LogP contribution is -2.37. The Bertz CT molecular complexity index is 815. The fraction of sp³-hybridized carbons (Fsp3) is 0.524. The van der Waals surface area contributed by atoms with Crippen LogP contribution in [0.4, 0.5) is 8.78 Å². The molecule has 0 radical (unpaired) electrons. The molecule has 31 heavy (non-hydrogen) atoms. The first-order valence-electron chi connectivity index (χ1n) is 10.1. The van der Waals surface area contributed by atoms with Crippen molar-refractivity contribution in [3.63, 3.8) is 0 Å². The molecule has 0 aliphatic carbocycles. The van der Waals surface area contributed by atoms with Gasteiger partial charge in [-0.25, -0.2) is 4.98 Å². The third-order valence-corrected chi connectivity index (χ3v) is 4.17. The lowest BCUT2D eigenvalue weighted by Gasteiger charge is -2.16. The van der Waals surface area contributed by atoms with Gasteiger partial charge >= 0.3 is 6.61 Å². The van der Waals surface area contributed by atoms with Crippen LogP contribution in [0.5, 0.6) is 11.5 Å². The molecule has 0 aliphatic rings. The number of aliphatic imine (C=N–C) groups is 1. The molecular formula is C21H32F2IN5O2. The summed E-state index contributed by atoms with van der Waals surface area (Å²) in [5.41, 5.74) is 0.573. The minimum absolute atomic E-state index is 0. The first-order valence-corrected chi connectivity index (χ1v) is 10.1. The molecule has 0 spiro atoms. The Morgan fingerprint density at radius 3 is 2.61 bits per heavy atom. The molecule has 174 valence electrons. The molecule has 7 nitrogen and oxygen atoms in total. The van der Waals surface area contributed by atoms with Crippen molar-refractivity contribution in [1.29, 1.82) is 0 Å². The molecule has 0 amide bonds. The van der Waals surface area contributed by atoms with Crippen LogP contribution in [-0.2, 0) is 19.6 Å². The molecule has 10 heteroatoms. The standard InChI is InChI=1S/C21H31F2N5O2.HI/c1-5-10-29-17-7-6-16(18(11-17)30-20(22)23)12-26-21(24-4)27-13-19-25-8-9-28(19)14-15(2)3;/h6-9,11,15,20H,5,10,12-14H2,1-4H3,(H2,24,26,27);1H. The van der Waals surface area contributed by atoms with Gasteiger partial charge in [-0.05, 0) is 24.5 Å². The molecule has 0 saturated carbocycles. The topological polar surface area (TPSA) is 72.7 Å². The van der Waals surface area contributed by atoms with Crippen LogP contribution in [0, 0.1) is 5.92 Å². The third kappa shape index (κ3) is 9.28. The van der Waals surface area contributed by atoms with Crippen LogP contribution >= 0.6 is 24.0 Å². The molecule has 0 unspecified atom stereocenters. The number of hydrogen-bond acceptors (Lipinski definition) is 4. The van der Waals surface area contributed by atoms with Gasteiger partial charge in [-0.3, -0.25) is 4.99 Å². The van der Waals surface area contributed by atoms with Gasteiger partial charge in [-0.2, -0.15) is 8.78 Å². The van der Waals surface area contributed by atoms with Gasteiger partial charge in [0.15, 0.2) is 5.96 Å². The summed E-state index contributed by atoms with van der Waals surface area (Å²) in [4.78, 5) is 8.56. The van der Waals surface area contributed by atoms with Crippen molar-refractivity contribution < 1.29 is 18.3 Å². The SMILES string of the molecule is CCCOc1ccc(CNC(=NC)NCc2nccn2CC(C)C)c(OC(F)F)c1.I. The largest absolute Gasteiger partial charge is 0.493 e. The van der Waals surface area contributed by atoms with Crippen LogP contribution in [0.2, 0.25) is 0 Å². The summed E-state index contributed by atoms with van der Waals surface area (Å²) in [5.74, 6) is 2.51. The molecule has 0 atom stereocenters. The maximum absolute atomic E-state index is 12.8. The first kappa shape index (κ1) is 26.9. The Kier molecular flexibility index (Phi) is 12.2. The summed E-state index contributed by atoms with van der Waals surface area (Å²) >= 11 is 0. The highest BCUT2D eigenvalue weighted by molar-refractivity contribution is 14.0. The average molecular weight is 551 g/mol. The van der Waals surface area contributed by atoms with E-state index in [0.717, 1.165) is 18.8 Å². The molecule has 1 heterocycles. The van der Waals surface area contributed by atoms with E-state index in [2.05, 4.69) is 43.8 Å². The van der Waals surface area contributed by atoms with E-state index in [4.69, 9.17) is 4.74 Å². The van der Waals surface area contributed by atoms with E-state index < -0.39 is 6.61 Å². The van der Waals surface area contributed by atoms with Crippen molar-refractivity contribution in [2.75, 3.05) is 13.7 Å². The number of nitrogens with one attached hydrogen (secondary N) is 2. The smallest absolute Gasteiger partial charge is 0.387 e. The number of imidazole rings is 1. The van der Waals surface area contributed by atoms with Crippen LogP contribution in [-0.4, -0.2) is 35.8 Å². The van der Waals surface area contributed by atoms with Gasteiger partial charge < -0.3 is 24.7 Å². The molecule has 1 aromatic carbocycles. The number of alkyl halides is 2. The zero-order chi connectivity index (χ0) is 21.9. The fourth-order valence-electron chi connectivity index (χ4n) is 2.83. The van der Waals surface area contributed by atoms with Crippen molar-refractivity contribution >= 4 is 29.9 Å². The number of hydrogen-bond donors (Lipinski definition) is 2. The molecule has 0 aliphatic heterocycles. The first-order chi connectivity index (χ1) is 14.4. The maximum Gasteiger partial charge on any atom is 0.387 e. The lowest BCUT2D eigenvalue weighted by molar-refractivity contribution is -0.0505. The number of ether oxygens (including phenoxy) is 2. The quantitative estimate of drug-likeness (QED) is 0.246. The van der Waals surface area contributed by atoms with Crippen LogP contribution < -0.4 is 20.1 Å². The van der Waals surface area contributed by atoms with Crippen molar-refractivity contribution in [3.8, 4) is 11.5 Å². The molecule has 1 aromatic heterocycles. The number of rotatable bonds is 11. The summed E-state index contributed by atoms with van der Waals surface area (Å²) in [6, 6.07) is 4.93. The second-order valence-electron chi connectivity index (χ2n) is 7.17. The van der Waals surface area contributed by atoms with Gasteiger partial charge in [0, 0.05) is 44.2 Å². The minimum atomic E-state index is -2.91. The normalized spacial score (nSPS) is 11.4. The summed E-state index contributed by atoms with van der Waals surface area (Å²) in [6.45, 7) is 5.49. The monoisotopic (exact) mass is 551 g/mol. The van der Waals surface area contributed by atoms with E-state index in [0.29, 0.717) is 36.3 Å². The Morgan fingerprint density at radius 1 is 1.23 bits per heavy atom. The number of aromatic nitrogens is 2. The van der Waals surface area contributed by atoms with E-state index in [1.54, 1.807) is 25.4 Å². The van der Waals surface area contributed by atoms with Gasteiger partial charge in [0.1, 0.15) is 17.3 Å². The Hall–Kier alpha value is -2.11. The van der Waals surface area contributed by atoms with Crippen molar-refractivity contribution in [3.05, 3.63) is 42.0 Å². The van der Waals surface area contributed by atoms with Gasteiger partial charge in [0.05, 0.1) is 13.2 Å². The Labute approximate surface area is 199 Å². The van der Waals surface area contributed by atoms with E-state index >= 15 is 0 Å². The van der Waals surface area contributed by atoms with Crippen molar-refractivity contribution in [2.45, 2.75) is 53.4 Å². The van der Waals surface area contributed by atoms with Crippen LogP contribution in [0.15, 0.2) is 35.6 Å². The highest BCUT2D eigenvalue weighted by Crippen LogP contribution is 2.26. The zero-order valence-electron chi connectivity index (χ0n) is 18.4. The molecule has 2 aromatic rings. The van der Waals surface area contributed by atoms with E-state index in [1.807, 2.05) is 13.1 Å². The highest BCUT2D eigenvalue weighted by atomic mass is 127.